The van der Waals surface area contributed by atoms with E-state index in [0.29, 0.717) is 37.0 Å². The van der Waals surface area contributed by atoms with Gasteiger partial charge in [-0.25, -0.2) is 14.8 Å². The number of nitrogens with zero attached hydrogens (tertiary/aromatic N) is 5. The Morgan fingerprint density at radius 2 is 1.88 bits per heavy atom. The van der Waals surface area contributed by atoms with E-state index in [0.717, 1.165) is 36.8 Å². The Balaban J connectivity index is 1.19. The average molecular weight is 436 g/mol. The second kappa shape index (κ2) is 8.76. The zero-order valence-electron chi connectivity index (χ0n) is 18.4. The quantitative estimate of drug-likeness (QED) is 0.615. The van der Waals surface area contributed by atoms with E-state index in [4.69, 9.17) is 4.74 Å². The number of rotatable bonds is 5. The van der Waals surface area contributed by atoms with Gasteiger partial charge in [-0.2, -0.15) is 0 Å². The number of hydrogen-bond donors (Lipinski definition) is 0. The number of aromatic nitrogens is 4. The summed E-state index contributed by atoms with van der Waals surface area (Å²) in [6.45, 7) is 1.98. The highest BCUT2D eigenvalue weighted by atomic mass is 16.5. The summed E-state index contributed by atoms with van der Waals surface area (Å²) in [7, 11) is 1.78. The molecule has 32 heavy (non-hydrogen) atoms. The van der Waals surface area contributed by atoms with Crippen molar-refractivity contribution in [3.05, 3.63) is 52.7 Å². The molecule has 2 fully saturated rings. The number of fused-ring (bicyclic) bond motifs is 1. The van der Waals surface area contributed by atoms with Gasteiger partial charge in [0, 0.05) is 45.1 Å². The second-order valence-electron chi connectivity index (χ2n) is 8.94. The molecule has 1 aliphatic carbocycles. The Labute approximate surface area is 186 Å². The third-order valence-corrected chi connectivity index (χ3v) is 6.82. The van der Waals surface area contributed by atoms with Gasteiger partial charge in [-0.15, -0.1) is 0 Å². The van der Waals surface area contributed by atoms with E-state index in [9.17, 15) is 9.59 Å². The molecule has 3 aromatic rings. The first-order valence-electron chi connectivity index (χ1n) is 11.5. The Hall–Kier alpha value is -3.16. The molecule has 8 heteroatoms. The number of carbonyl (C=O) groups is 1. The van der Waals surface area contributed by atoms with Crippen molar-refractivity contribution in [2.24, 2.45) is 13.0 Å². The van der Waals surface area contributed by atoms with Crippen LogP contribution in [0.15, 0.2) is 41.5 Å². The van der Waals surface area contributed by atoms with Gasteiger partial charge in [0.15, 0.2) is 5.65 Å². The fourth-order valence-electron chi connectivity index (χ4n) is 4.91. The number of hydrogen-bond acceptors (Lipinski definition) is 5. The molecule has 1 aliphatic heterocycles. The van der Waals surface area contributed by atoms with Crippen molar-refractivity contribution in [2.75, 3.05) is 13.1 Å². The van der Waals surface area contributed by atoms with Gasteiger partial charge in [-0.1, -0.05) is 0 Å². The first-order valence-corrected chi connectivity index (χ1v) is 11.5. The molecule has 1 amide bonds. The number of likely N-dealkylation sites (tertiary alicyclic amines) is 1. The molecular weight excluding hydrogens is 406 g/mol. The molecule has 0 atom stereocenters. The molecule has 0 aromatic carbocycles. The fourth-order valence-corrected chi connectivity index (χ4v) is 4.91. The van der Waals surface area contributed by atoms with E-state index in [1.807, 2.05) is 23.1 Å². The topological polar surface area (TPSA) is 82.2 Å². The molecule has 1 saturated carbocycles. The van der Waals surface area contributed by atoms with Crippen LogP contribution in [0.3, 0.4) is 0 Å². The summed E-state index contributed by atoms with van der Waals surface area (Å²) >= 11 is 0. The summed E-state index contributed by atoms with van der Waals surface area (Å²) in [5.74, 6) is 0.943. The van der Waals surface area contributed by atoms with Crippen molar-refractivity contribution in [3.63, 3.8) is 0 Å². The number of pyridine rings is 2. The highest BCUT2D eigenvalue weighted by Gasteiger charge is 2.26. The van der Waals surface area contributed by atoms with Gasteiger partial charge in [-0.05, 0) is 62.6 Å². The minimum Gasteiger partial charge on any atom is -0.474 e. The number of piperidine rings is 1. The maximum Gasteiger partial charge on any atom is 0.330 e. The van der Waals surface area contributed by atoms with Crippen molar-refractivity contribution in [3.8, 4) is 5.88 Å². The minimum absolute atomic E-state index is 0.00682. The van der Waals surface area contributed by atoms with E-state index in [2.05, 4.69) is 9.97 Å². The number of aryl methyl sites for hydroxylation is 1. The van der Waals surface area contributed by atoms with Crippen LogP contribution in [0.1, 0.15) is 48.9 Å². The summed E-state index contributed by atoms with van der Waals surface area (Å²) in [5, 5.41) is 0. The van der Waals surface area contributed by atoms with E-state index in [1.165, 1.54) is 12.8 Å². The zero-order valence-corrected chi connectivity index (χ0v) is 18.4. The van der Waals surface area contributed by atoms with Crippen LogP contribution in [-0.4, -0.2) is 49.1 Å². The summed E-state index contributed by atoms with van der Waals surface area (Å²) < 4.78 is 9.31. The normalized spacial score (nSPS) is 17.8. The van der Waals surface area contributed by atoms with Gasteiger partial charge in [0.05, 0.1) is 11.1 Å². The van der Waals surface area contributed by atoms with Crippen LogP contribution >= 0.6 is 0 Å². The number of imidazole rings is 1. The third-order valence-electron chi connectivity index (χ3n) is 6.82. The zero-order chi connectivity index (χ0) is 22.1. The summed E-state index contributed by atoms with van der Waals surface area (Å²) in [6.07, 6.45) is 9.91. The van der Waals surface area contributed by atoms with Crippen LogP contribution < -0.4 is 10.4 Å². The van der Waals surface area contributed by atoms with Crippen molar-refractivity contribution >= 4 is 17.1 Å². The van der Waals surface area contributed by atoms with Crippen molar-refractivity contribution in [2.45, 2.75) is 51.2 Å². The Morgan fingerprint density at radius 3 is 2.59 bits per heavy atom. The van der Waals surface area contributed by atoms with Crippen LogP contribution in [0, 0.1) is 5.92 Å². The molecule has 3 aromatic heterocycles. The highest BCUT2D eigenvalue weighted by molar-refractivity contribution is 5.94. The fraction of sp³-hybridized carbons (Fsp3) is 0.500. The third kappa shape index (κ3) is 4.01. The minimum atomic E-state index is -0.0387. The predicted octanol–water partition coefficient (Wildman–Crippen LogP) is 3.00. The van der Waals surface area contributed by atoms with Crippen LogP contribution in [0.25, 0.3) is 11.2 Å². The monoisotopic (exact) mass is 435 g/mol. The van der Waals surface area contributed by atoms with Gasteiger partial charge in [0.25, 0.3) is 5.91 Å². The maximum absolute atomic E-state index is 12.9. The first kappa shape index (κ1) is 20.7. The Bertz CT molecular complexity index is 1150. The van der Waals surface area contributed by atoms with E-state index in [1.54, 1.807) is 34.6 Å². The van der Waals surface area contributed by atoms with Gasteiger partial charge < -0.3 is 9.64 Å². The van der Waals surface area contributed by atoms with Crippen LogP contribution in [0.4, 0.5) is 0 Å². The Morgan fingerprint density at radius 1 is 1.09 bits per heavy atom. The molecule has 4 heterocycles. The second-order valence-corrected chi connectivity index (χ2v) is 8.94. The smallest absolute Gasteiger partial charge is 0.330 e. The average Bonchev–Trinajstić information content (AvgIpc) is 3.42. The molecule has 2 aliphatic rings. The largest absolute Gasteiger partial charge is 0.474 e. The molecule has 0 radical (unpaired) electrons. The SMILES string of the molecule is Cn1c(=O)n(CC2CCN(C(=O)c3ccc(OC4CCCC4)nc3)CC2)c2ncccc21. The van der Waals surface area contributed by atoms with Gasteiger partial charge in [-0.3, -0.25) is 13.9 Å². The lowest BCUT2D eigenvalue weighted by Gasteiger charge is -2.32. The van der Waals surface area contributed by atoms with Crippen molar-refractivity contribution < 1.29 is 9.53 Å². The van der Waals surface area contributed by atoms with Crippen LogP contribution in [0.5, 0.6) is 5.88 Å². The van der Waals surface area contributed by atoms with Gasteiger partial charge in [0.1, 0.15) is 6.10 Å². The summed E-state index contributed by atoms with van der Waals surface area (Å²) in [5.41, 5.74) is 2.13. The lowest BCUT2D eigenvalue weighted by atomic mass is 9.96. The summed E-state index contributed by atoms with van der Waals surface area (Å²) in [4.78, 5) is 36.2. The van der Waals surface area contributed by atoms with E-state index in [-0.39, 0.29) is 17.7 Å². The number of amides is 1. The van der Waals surface area contributed by atoms with Crippen molar-refractivity contribution in [1.29, 1.82) is 0 Å². The lowest BCUT2D eigenvalue weighted by molar-refractivity contribution is 0.0682. The van der Waals surface area contributed by atoms with Gasteiger partial charge in [0.2, 0.25) is 5.88 Å². The number of ether oxygens (including phenoxy) is 1. The molecular formula is C24H29N5O3. The van der Waals surface area contributed by atoms with Crippen LogP contribution in [0.2, 0.25) is 0 Å². The van der Waals surface area contributed by atoms with Gasteiger partial charge >= 0.3 is 5.69 Å². The molecule has 8 nitrogen and oxygen atoms in total. The van der Waals surface area contributed by atoms with E-state index >= 15 is 0 Å². The highest BCUT2D eigenvalue weighted by Crippen LogP contribution is 2.24. The molecule has 5 rings (SSSR count). The maximum atomic E-state index is 12.9. The first-order chi connectivity index (χ1) is 15.6. The number of carbonyl (C=O) groups excluding carboxylic acids is 1. The predicted molar refractivity (Wildman–Crippen MR) is 121 cm³/mol. The molecule has 0 spiro atoms. The molecule has 1 saturated heterocycles. The molecule has 168 valence electrons. The van der Waals surface area contributed by atoms with Crippen molar-refractivity contribution in [1.82, 2.24) is 24.0 Å². The molecule has 0 N–H and O–H groups in total. The molecule has 0 unspecified atom stereocenters. The Kier molecular flexibility index (Phi) is 5.68. The molecule has 0 bridgehead atoms. The standard InChI is InChI=1S/C24H29N5O3/c1-27-20-7-4-12-25-22(20)29(24(27)31)16-17-10-13-28(14-11-17)23(30)18-8-9-21(26-15-18)32-19-5-2-3-6-19/h4,7-9,12,15,17,19H,2-3,5-6,10-11,13-14,16H2,1H3. The van der Waals surface area contributed by atoms with Crippen LogP contribution in [-0.2, 0) is 13.6 Å². The summed E-state index contributed by atoms with van der Waals surface area (Å²) in [6, 6.07) is 7.38. The van der Waals surface area contributed by atoms with E-state index < -0.39 is 0 Å². The lowest BCUT2D eigenvalue weighted by Crippen LogP contribution is -2.40.